The Morgan fingerprint density at radius 2 is 2.11 bits per heavy atom. The van der Waals surface area contributed by atoms with Crippen molar-refractivity contribution in [1.29, 1.82) is 0 Å². The van der Waals surface area contributed by atoms with E-state index >= 15 is 0 Å². The number of rotatable bonds is 6. The molecule has 0 aliphatic carbocycles. The highest BCUT2D eigenvalue weighted by Gasteiger charge is 2.21. The van der Waals surface area contributed by atoms with Gasteiger partial charge in [-0.2, -0.15) is 4.98 Å². The first-order valence-electron chi connectivity index (χ1n) is 5.82. The van der Waals surface area contributed by atoms with Gasteiger partial charge in [-0.15, -0.1) is 0 Å². The van der Waals surface area contributed by atoms with Crippen LogP contribution in [0.25, 0.3) is 0 Å². The number of sulfone groups is 1. The van der Waals surface area contributed by atoms with Gasteiger partial charge in [-0.25, -0.2) is 8.42 Å². The van der Waals surface area contributed by atoms with E-state index in [2.05, 4.69) is 10.1 Å². The molecular formula is C11H16N4O3S. The average Bonchev–Trinajstić information content (AvgIpc) is 2.98. The van der Waals surface area contributed by atoms with Crippen LogP contribution in [0.15, 0.2) is 29.0 Å². The molecule has 1 atom stereocenters. The third-order valence-electron chi connectivity index (χ3n) is 2.70. The van der Waals surface area contributed by atoms with Crippen LogP contribution in [0.3, 0.4) is 0 Å². The summed E-state index contributed by atoms with van der Waals surface area (Å²) in [4.78, 5) is 4.17. The van der Waals surface area contributed by atoms with Gasteiger partial charge in [-0.05, 0) is 18.6 Å². The van der Waals surface area contributed by atoms with Crippen LogP contribution in [-0.2, 0) is 16.4 Å². The van der Waals surface area contributed by atoms with E-state index in [-0.39, 0.29) is 18.3 Å². The number of nitrogens with zero attached hydrogens (tertiary/aromatic N) is 3. The normalized spacial score (nSPS) is 13.6. The summed E-state index contributed by atoms with van der Waals surface area (Å²) in [6.07, 6.45) is 5.25. The lowest BCUT2D eigenvalue weighted by Crippen LogP contribution is -2.15. The van der Waals surface area contributed by atoms with E-state index in [0.29, 0.717) is 18.1 Å². The Morgan fingerprint density at radius 1 is 1.42 bits per heavy atom. The minimum absolute atomic E-state index is 0.0518. The third kappa shape index (κ3) is 3.65. The first-order chi connectivity index (χ1) is 8.99. The fourth-order valence-electron chi connectivity index (χ4n) is 1.77. The summed E-state index contributed by atoms with van der Waals surface area (Å²) in [5.41, 5.74) is 5.44. The van der Waals surface area contributed by atoms with Crippen LogP contribution in [0.5, 0.6) is 0 Å². The lowest BCUT2D eigenvalue weighted by molar-refractivity contribution is 0.330. The zero-order valence-electron chi connectivity index (χ0n) is 10.6. The summed E-state index contributed by atoms with van der Waals surface area (Å²) in [5.74, 6) is 0.836. The summed E-state index contributed by atoms with van der Waals surface area (Å²) in [5, 5.41) is 3.74. The number of aromatic nitrogens is 3. The Balaban J connectivity index is 2.24. The minimum Gasteiger partial charge on any atom is -0.342 e. The Labute approximate surface area is 111 Å². The lowest BCUT2D eigenvalue weighted by Gasteiger charge is -2.14. The van der Waals surface area contributed by atoms with Crippen molar-refractivity contribution in [3.8, 4) is 0 Å². The maximum atomic E-state index is 11.3. The summed E-state index contributed by atoms with van der Waals surface area (Å²) >= 11 is 0. The van der Waals surface area contributed by atoms with Crippen molar-refractivity contribution in [3.63, 3.8) is 0 Å². The van der Waals surface area contributed by atoms with Crippen molar-refractivity contribution in [2.45, 2.75) is 19.0 Å². The Kier molecular flexibility index (Phi) is 4.01. The number of nitrogens with two attached hydrogens (primary N) is 1. The van der Waals surface area contributed by atoms with Gasteiger partial charge in [0.05, 0.1) is 12.3 Å². The fourth-order valence-corrected chi connectivity index (χ4v) is 2.42. The zero-order chi connectivity index (χ0) is 13.9. The van der Waals surface area contributed by atoms with Crippen molar-refractivity contribution in [3.05, 3.63) is 36.2 Å². The molecule has 104 valence electrons. The standard InChI is InChI=1S/C11H16N4O3S/c1-19(16,17)7-4-9(15-5-2-3-6-15)11-13-10(8-12)14-18-11/h2-3,5-6,9H,4,7-8,12H2,1H3. The number of hydrogen-bond donors (Lipinski definition) is 1. The summed E-state index contributed by atoms with van der Waals surface area (Å²) in [7, 11) is -3.04. The first-order valence-corrected chi connectivity index (χ1v) is 7.88. The molecule has 2 N–H and O–H groups in total. The van der Waals surface area contributed by atoms with E-state index in [1.807, 2.05) is 29.1 Å². The molecule has 0 radical (unpaired) electrons. The maximum absolute atomic E-state index is 11.3. The summed E-state index contributed by atoms with van der Waals surface area (Å²) in [6, 6.07) is 3.42. The first kappa shape index (κ1) is 13.8. The van der Waals surface area contributed by atoms with E-state index in [1.54, 1.807) is 0 Å². The molecule has 2 heterocycles. The topological polar surface area (TPSA) is 104 Å². The van der Waals surface area contributed by atoms with E-state index in [1.165, 1.54) is 6.26 Å². The highest BCUT2D eigenvalue weighted by atomic mass is 32.2. The predicted molar refractivity (Wildman–Crippen MR) is 69.1 cm³/mol. The average molecular weight is 284 g/mol. The molecule has 0 bridgehead atoms. The molecule has 19 heavy (non-hydrogen) atoms. The molecule has 0 amide bonds. The van der Waals surface area contributed by atoms with Gasteiger partial charge in [-0.1, -0.05) is 5.16 Å². The smallest absolute Gasteiger partial charge is 0.249 e. The second kappa shape index (κ2) is 5.54. The quantitative estimate of drug-likeness (QED) is 0.821. The van der Waals surface area contributed by atoms with Gasteiger partial charge in [0.2, 0.25) is 5.89 Å². The van der Waals surface area contributed by atoms with Gasteiger partial charge in [0.25, 0.3) is 0 Å². The zero-order valence-corrected chi connectivity index (χ0v) is 11.4. The lowest BCUT2D eigenvalue weighted by atomic mass is 10.2. The molecule has 2 aromatic rings. The molecule has 8 heteroatoms. The van der Waals surface area contributed by atoms with Crippen molar-refractivity contribution in [1.82, 2.24) is 14.7 Å². The van der Waals surface area contributed by atoms with Gasteiger partial charge >= 0.3 is 0 Å². The SMILES string of the molecule is CS(=O)(=O)CCC(c1nc(CN)no1)n1cccc1. The Bertz CT molecular complexity index is 618. The molecule has 1 unspecified atom stereocenters. The second-order valence-corrected chi connectivity index (χ2v) is 6.58. The molecule has 2 aromatic heterocycles. The maximum Gasteiger partial charge on any atom is 0.249 e. The van der Waals surface area contributed by atoms with Crippen molar-refractivity contribution >= 4 is 9.84 Å². The number of hydrogen-bond acceptors (Lipinski definition) is 6. The van der Waals surface area contributed by atoms with Crippen LogP contribution in [0.1, 0.15) is 24.2 Å². The molecule has 7 nitrogen and oxygen atoms in total. The third-order valence-corrected chi connectivity index (χ3v) is 3.68. The minimum atomic E-state index is -3.04. The van der Waals surface area contributed by atoms with Crippen LogP contribution >= 0.6 is 0 Å². The largest absolute Gasteiger partial charge is 0.342 e. The van der Waals surface area contributed by atoms with Crippen LogP contribution in [0.4, 0.5) is 0 Å². The predicted octanol–water partition coefficient (Wildman–Crippen LogP) is 0.354. The molecule has 0 spiro atoms. The second-order valence-electron chi connectivity index (χ2n) is 4.32. The van der Waals surface area contributed by atoms with E-state index < -0.39 is 9.84 Å². The van der Waals surface area contributed by atoms with Crippen molar-refractivity contribution < 1.29 is 12.9 Å². The van der Waals surface area contributed by atoms with Gasteiger partial charge in [0.15, 0.2) is 5.82 Å². The molecular weight excluding hydrogens is 268 g/mol. The van der Waals surface area contributed by atoms with Gasteiger partial charge < -0.3 is 14.8 Å². The Hall–Kier alpha value is -1.67. The molecule has 0 aromatic carbocycles. The van der Waals surface area contributed by atoms with Gasteiger partial charge in [0.1, 0.15) is 15.9 Å². The van der Waals surface area contributed by atoms with E-state index in [9.17, 15) is 8.42 Å². The monoisotopic (exact) mass is 284 g/mol. The van der Waals surface area contributed by atoms with E-state index in [0.717, 1.165) is 0 Å². The summed E-state index contributed by atoms with van der Waals surface area (Å²) < 4.78 is 29.6. The molecule has 0 aliphatic heterocycles. The molecule has 0 saturated carbocycles. The van der Waals surface area contributed by atoms with Crippen LogP contribution in [-0.4, -0.2) is 35.1 Å². The molecule has 0 saturated heterocycles. The highest BCUT2D eigenvalue weighted by Crippen LogP contribution is 2.21. The highest BCUT2D eigenvalue weighted by molar-refractivity contribution is 7.90. The summed E-state index contributed by atoms with van der Waals surface area (Å²) in [6.45, 7) is 0.188. The van der Waals surface area contributed by atoms with Crippen LogP contribution in [0.2, 0.25) is 0 Å². The molecule has 0 fully saturated rings. The van der Waals surface area contributed by atoms with Gasteiger partial charge in [-0.3, -0.25) is 0 Å². The van der Waals surface area contributed by atoms with Crippen molar-refractivity contribution in [2.24, 2.45) is 5.73 Å². The van der Waals surface area contributed by atoms with Crippen LogP contribution < -0.4 is 5.73 Å². The molecule has 2 rings (SSSR count). The van der Waals surface area contributed by atoms with Gasteiger partial charge in [0, 0.05) is 18.6 Å². The molecule has 0 aliphatic rings. The van der Waals surface area contributed by atoms with E-state index in [4.69, 9.17) is 10.3 Å². The van der Waals surface area contributed by atoms with Crippen LogP contribution in [0, 0.1) is 0 Å². The van der Waals surface area contributed by atoms with Crippen molar-refractivity contribution in [2.75, 3.05) is 12.0 Å². The fraction of sp³-hybridized carbons (Fsp3) is 0.455. The Morgan fingerprint density at radius 3 is 2.63 bits per heavy atom.